The maximum absolute atomic E-state index is 12.6. The Balaban J connectivity index is 1.99. The zero-order valence-corrected chi connectivity index (χ0v) is 11.9. The van der Waals surface area contributed by atoms with Gasteiger partial charge in [0.05, 0.1) is 23.4 Å². The van der Waals surface area contributed by atoms with Gasteiger partial charge in [-0.05, 0) is 24.3 Å². The van der Waals surface area contributed by atoms with Crippen LogP contribution in [0.4, 0.5) is 5.69 Å². The lowest BCUT2D eigenvalue weighted by molar-refractivity contribution is 0.0640. The fourth-order valence-corrected chi connectivity index (χ4v) is 2.49. The van der Waals surface area contributed by atoms with E-state index in [1.54, 1.807) is 30.5 Å². The molecule has 2 heterocycles. The predicted octanol–water partition coefficient (Wildman–Crippen LogP) is 1.94. The molecular formula is C16H15N3O2. The standard InChI is InChI=1S/C16H15N3O2/c1-18(2)13-8-5-7-12-14(13)16(21)19(15(12)20)10-11-6-3-4-9-17-11/h3-9H,10H2,1-2H3. The van der Waals surface area contributed by atoms with E-state index in [9.17, 15) is 9.59 Å². The summed E-state index contributed by atoms with van der Waals surface area (Å²) < 4.78 is 0. The Morgan fingerprint density at radius 3 is 2.52 bits per heavy atom. The molecule has 0 spiro atoms. The van der Waals surface area contributed by atoms with Gasteiger partial charge in [0, 0.05) is 26.0 Å². The van der Waals surface area contributed by atoms with Crippen LogP contribution in [0.15, 0.2) is 42.6 Å². The number of nitrogens with zero attached hydrogens (tertiary/aromatic N) is 3. The first-order valence-corrected chi connectivity index (χ1v) is 6.66. The molecule has 0 radical (unpaired) electrons. The number of hydrogen-bond acceptors (Lipinski definition) is 4. The number of carbonyl (C=O) groups is 2. The smallest absolute Gasteiger partial charge is 0.264 e. The fourth-order valence-electron chi connectivity index (χ4n) is 2.49. The molecule has 106 valence electrons. The third-order valence-corrected chi connectivity index (χ3v) is 3.51. The summed E-state index contributed by atoms with van der Waals surface area (Å²) in [7, 11) is 3.71. The molecule has 0 bridgehead atoms. The number of carbonyl (C=O) groups excluding carboxylic acids is 2. The van der Waals surface area contributed by atoms with Crippen LogP contribution in [0.25, 0.3) is 0 Å². The second-order valence-electron chi connectivity index (χ2n) is 5.11. The van der Waals surface area contributed by atoms with E-state index in [1.807, 2.05) is 31.1 Å². The topological polar surface area (TPSA) is 53.5 Å². The fraction of sp³-hybridized carbons (Fsp3) is 0.188. The van der Waals surface area contributed by atoms with E-state index in [2.05, 4.69) is 4.98 Å². The highest BCUT2D eigenvalue weighted by molar-refractivity contribution is 6.23. The number of hydrogen-bond donors (Lipinski definition) is 0. The van der Waals surface area contributed by atoms with E-state index in [0.29, 0.717) is 16.8 Å². The van der Waals surface area contributed by atoms with Crippen LogP contribution in [-0.4, -0.2) is 35.8 Å². The highest BCUT2D eigenvalue weighted by Crippen LogP contribution is 2.31. The summed E-state index contributed by atoms with van der Waals surface area (Å²) in [6, 6.07) is 10.8. The molecule has 0 saturated heterocycles. The van der Waals surface area contributed by atoms with E-state index in [0.717, 1.165) is 5.69 Å². The van der Waals surface area contributed by atoms with Crippen molar-refractivity contribution in [2.24, 2.45) is 0 Å². The number of pyridine rings is 1. The van der Waals surface area contributed by atoms with Crippen molar-refractivity contribution in [1.82, 2.24) is 9.88 Å². The van der Waals surface area contributed by atoms with Gasteiger partial charge in [0.1, 0.15) is 0 Å². The van der Waals surface area contributed by atoms with Crippen molar-refractivity contribution in [3.05, 3.63) is 59.4 Å². The van der Waals surface area contributed by atoms with Gasteiger partial charge in [0.2, 0.25) is 0 Å². The number of anilines is 1. The average molecular weight is 281 g/mol. The summed E-state index contributed by atoms with van der Waals surface area (Å²) in [5, 5.41) is 0. The molecule has 5 nitrogen and oxygen atoms in total. The normalized spacial score (nSPS) is 13.5. The monoisotopic (exact) mass is 281 g/mol. The number of imide groups is 1. The zero-order valence-electron chi connectivity index (χ0n) is 11.9. The van der Waals surface area contributed by atoms with Gasteiger partial charge in [-0.1, -0.05) is 12.1 Å². The van der Waals surface area contributed by atoms with Crippen molar-refractivity contribution in [3.8, 4) is 0 Å². The van der Waals surface area contributed by atoms with Gasteiger partial charge in [-0.15, -0.1) is 0 Å². The van der Waals surface area contributed by atoms with Crippen LogP contribution in [0.5, 0.6) is 0 Å². The molecule has 2 amide bonds. The summed E-state index contributed by atoms with van der Waals surface area (Å²) in [6.07, 6.45) is 1.65. The Labute approximate surface area is 122 Å². The van der Waals surface area contributed by atoms with E-state index < -0.39 is 0 Å². The van der Waals surface area contributed by atoms with Crippen molar-refractivity contribution in [2.45, 2.75) is 6.54 Å². The van der Waals surface area contributed by atoms with E-state index >= 15 is 0 Å². The number of amides is 2. The Morgan fingerprint density at radius 2 is 1.86 bits per heavy atom. The summed E-state index contributed by atoms with van der Waals surface area (Å²) >= 11 is 0. The second kappa shape index (κ2) is 5.01. The van der Waals surface area contributed by atoms with E-state index in [-0.39, 0.29) is 18.4 Å². The predicted molar refractivity (Wildman–Crippen MR) is 79.2 cm³/mol. The highest BCUT2D eigenvalue weighted by Gasteiger charge is 2.37. The molecule has 0 N–H and O–H groups in total. The van der Waals surface area contributed by atoms with Gasteiger partial charge in [-0.2, -0.15) is 0 Å². The molecular weight excluding hydrogens is 266 g/mol. The van der Waals surface area contributed by atoms with Gasteiger partial charge >= 0.3 is 0 Å². The second-order valence-corrected chi connectivity index (χ2v) is 5.11. The molecule has 21 heavy (non-hydrogen) atoms. The SMILES string of the molecule is CN(C)c1cccc2c1C(=O)N(Cc1ccccn1)C2=O. The van der Waals surface area contributed by atoms with Gasteiger partial charge in [0.15, 0.2) is 0 Å². The minimum atomic E-state index is -0.260. The number of benzene rings is 1. The Hall–Kier alpha value is -2.69. The molecule has 5 heteroatoms. The molecule has 3 rings (SSSR count). The molecule has 2 aromatic rings. The first-order chi connectivity index (χ1) is 10.1. The lowest BCUT2D eigenvalue weighted by Crippen LogP contribution is -2.29. The van der Waals surface area contributed by atoms with Gasteiger partial charge in [0.25, 0.3) is 11.8 Å². The van der Waals surface area contributed by atoms with E-state index in [1.165, 1.54) is 4.90 Å². The maximum atomic E-state index is 12.6. The Bertz CT molecular complexity index is 711. The summed E-state index contributed by atoms with van der Waals surface area (Å²) in [5.74, 6) is -0.519. The van der Waals surface area contributed by atoms with Crippen LogP contribution in [0.2, 0.25) is 0 Å². The summed E-state index contributed by atoms with van der Waals surface area (Å²) in [5.41, 5.74) is 2.39. The molecule has 1 aromatic heterocycles. The van der Waals surface area contributed by atoms with Gasteiger partial charge in [-0.25, -0.2) is 0 Å². The summed E-state index contributed by atoms with van der Waals surface area (Å²) in [6.45, 7) is 0.194. The quantitative estimate of drug-likeness (QED) is 0.807. The average Bonchev–Trinajstić information content (AvgIpc) is 2.73. The van der Waals surface area contributed by atoms with Crippen LogP contribution < -0.4 is 4.90 Å². The Morgan fingerprint density at radius 1 is 1.05 bits per heavy atom. The summed E-state index contributed by atoms with van der Waals surface area (Å²) in [4.78, 5) is 32.3. The minimum Gasteiger partial charge on any atom is -0.377 e. The van der Waals surface area contributed by atoms with Gasteiger partial charge < -0.3 is 4.90 Å². The molecule has 1 aliphatic rings. The molecule has 0 saturated carbocycles. The maximum Gasteiger partial charge on any atom is 0.264 e. The molecule has 1 aromatic carbocycles. The van der Waals surface area contributed by atoms with Crippen molar-refractivity contribution in [1.29, 1.82) is 0 Å². The van der Waals surface area contributed by atoms with Crippen molar-refractivity contribution in [3.63, 3.8) is 0 Å². The lowest BCUT2D eigenvalue weighted by Gasteiger charge is -2.16. The van der Waals surface area contributed by atoms with Crippen LogP contribution in [0.3, 0.4) is 0 Å². The number of rotatable bonds is 3. The molecule has 0 fully saturated rings. The molecule has 1 aliphatic heterocycles. The third-order valence-electron chi connectivity index (χ3n) is 3.51. The minimum absolute atomic E-state index is 0.194. The zero-order chi connectivity index (χ0) is 15.0. The van der Waals surface area contributed by atoms with Crippen LogP contribution in [0.1, 0.15) is 26.4 Å². The molecule has 0 unspecified atom stereocenters. The van der Waals surface area contributed by atoms with Crippen LogP contribution in [0, 0.1) is 0 Å². The van der Waals surface area contributed by atoms with Crippen molar-refractivity contribution < 1.29 is 9.59 Å². The molecule has 0 atom stereocenters. The largest absolute Gasteiger partial charge is 0.377 e. The first kappa shape index (κ1) is 13.3. The van der Waals surface area contributed by atoms with Crippen LogP contribution in [-0.2, 0) is 6.54 Å². The molecule has 0 aliphatic carbocycles. The van der Waals surface area contributed by atoms with Crippen LogP contribution >= 0.6 is 0 Å². The van der Waals surface area contributed by atoms with E-state index in [4.69, 9.17) is 0 Å². The number of aromatic nitrogens is 1. The third kappa shape index (κ3) is 2.16. The van der Waals surface area contributed by atoms with Crippen molar-refractivity contribution in [2.75, 3.05) is 19.0 Å². The lowest BCUT2D eigenvalue weighted by atomic mass is 10.1. The number of fused-ring (bicyclic) bond motifs is 1. The highest BCUT2D eigenvalue weighted by atomic mass is 16.2. The van der Waals surface area contributed by atoms with Crippen molar-refractivity contribution >= 4 is 17.5 Å². The Kier molecular flexibility index (Phi) is 3.17. The van der Waals surface area contributed by atoms with Gasteiger partial charge in [-0.3, -0.25) is 19.5 Å². The first-order valence-electron chi connectivity index (χ1n) is 6.66.